The zero-order valence-electron chi connectivity index (χ0n) is 18.3. The van der Waals surface area contributed by atoms with Gasteiger partial charge in [-0.25, -0.2) is 4.68 Å². The minimum absolute atomic E-state index is 0.00620. The summed E-state index contributed by atoms with van der Waals surface area (Å²) in [7, 11) is 0. The first-order chi connectivity index (χ1) is 15.6. The minimum Gasteiger partial charge on any atom is -0.335 e. The molecule has 0 saturated carbocycles. The lowest BCUT2D eigenvalue weighted by Gasteiger charge is -2.39. The Morgan fingerprint density at radius 1 is 1.03 bits per heavy atom. The summed E-state index contributed by atoms with van der Waals surface area (Å²) in [5, 5.41) is 7.40. The average molecular weight is 429 g/mol. The number of rotatable bonds is 4. The molecule has 0 radical (unpaired) electrons. The molecule has 0 spiro atoms. The molecule has 1 fully saturated rings. The van der Waals surface area contributed by atoms with Crippen LogP contribution < -0.4 is 5.32 Å². The van der Waals surface area contributed by atoms with Crippen molar-refractivity contribution < 1.29 is 9.59 Å². The van der Waals surface area contributed by atoms with Crippen LogP contribution in [0.25, 0.3) is 5.69 Å². The highest BCUT2D eigenvalue weighted by molar-refractivity contribution is 5.99. The molecule has 1 saturated heterocycles. The molecule has 2 aromatic carbocycles. The Hall–Kier alpha value is -3.41. The van der Waals surface area contributed by atoms with Crippen LogP contribution in [0.5, 0.6) is 0 Å². The molecule has 1 aliphatic carbocycles. The van der Waals surface area contributed by atoms with E-state index < -0.39 is 0 Å². The highest BCUT2D eigenvalue weighted by atomic mass is 16.2. The van der Waals surface area contributed by atoms with Crippen molar-refractivity contribution in [1.29, 1.82) is 0 Å². The number of carbonyl (C=O) groups excluding carboxylic acids is 2. The first-order valence-electron chi connectivity index (χ1n) is 11.4. The first kappa shape index (κ1) is 20.5. The molecule has 2 aliphatic rings. The molecular weight excluding hydrogens is 400 g/mol. The normalized spacial score (nSPS) is 20.1. The number of amides is 2. The van der Waals surface area contributed by atoms with Crippen molar-refractivity contribution in [1.82, 2.24) is 14.7 Å². The Balaban J connectivity index is 1.34. The Morgan fingerprint density at radius 2 is 1.88 bits per heavy atom. The number of para-hydroxylation sites is 1. The van der Waals surface area contributed by atoms with Crippen LogP contribution in [0, 0.1) is 5.92 Å². The van der Waals surface area contributed by atoms with Gasteiger partial charge >= 0.3 is 0 Å². The van der Waals surface area contributed by atoms with Gasteiger partial charge in [-0.3, -0.25) is 9.59 Å². The minimum atomic E-state index is -0.238. The van der Waals surface area contributed by atoms with Crippen LogP contribution in [-0.4, -0.2) is 39.1 Å². The van der Waals surface area contributed by atoms with Crippen molar-refractivity contribution in [3.8, 4) is 5.69 Å². The second-order valence-corrected chi connectivity index (χ2v) is 8.78. The molecule has 1 N–H and O–H groups in total. The number of likely N-dealkylation sites (tertiary alicyclic amines) is 1. The number of aryl methyl sites for hydroxylation is 2. The number of hydrogen-bond acceptors (Lipinski definition) is 3. The van der Waals surface area contributed by atoms with Gasteiger partial charge in [0.25, 0.3) is 5.91 Å². The van der Waals surface area contributed by atoms with Gasteiger partial charge in [-0.2, -0.15) is 5.10 Å². The lowest BCUT2D eigenvalue weighted by molar-refractivity contribution is -0.122. The molecule has 0 bridgehead atoms. The van der Waals surface area contributed by atoms with Gasteiger partial charge in [-0.1, -0.05) is 18.2 Å². The molecule has 2 atom stereocenters. The van der Waals surface area contributed by atoms with Gasteiger partial charge in [0.2, 0.25) is 5.91 Å². The molecule has 2 amide bonds. The number of anilines is 1. The van der Waals surface area contributed by atoms with E-state index in [1.165, 1.54) is 17.5 Å². The summed E-state index contributed by atoms with van der Waals surface area (Å²) >= 11 is 0. The largest absolute Gasteiger partial charge is 0.335 e. The van der Waals surface area contributed by atoms with Crippen LogP contribution in [-0.2, 0) is 17.6 Å². The fourth-order valence-corrected chi connectivity index (χ4v) is 5.09. The number of hydrogen-bond donors (Lipinski definition) is 1. The van der Waals surface area contributed by atoms with Gasteiger partial charge in [-0.15, -0.1) is 0 Å². The van der Waals surface area contributed by atoms with Crippen LogP contribution in [0.15, 0.2) is 60.9 Å². The van der Waals surface area contributed by atoms with E-state index in [0.29, 0.717) is 12.1 Å². The lowest BCUT2D eigenvalue weighted by atomic mass is 9.88. The number of piperidine rings is 1. The zero-order valence-corrected chi connectivity index (χ0v) is 18.3. The maximum atomic E-state index is 13.5. The predicted molar refractivity (Wildman–Crippen MR) is 124 cm³/mol. The number of carbonyl (C=O) groups is 2. The fourth-order valence-electron chi connectivity index (χ4n) is 5.09. The maximum Gasteiger partial charge on any atom is 0.256 e. The molecule has 32 heavy (non-hydrogen) atoms. The molecule has 1 aliphatic heterocycles. The molecular formula is C26H28N4O2. The van der Waals surface area contributed by atoms with E-state index in [1.54, 1.807) is 10.9 Å². The van der Waals surface area contributed by atoms with Crippen molar-refractivity contribution in [2.45, 2.75) is 45.1 Å². The quantitative estimate of drug-likeness (QED) is 0.676. The summed E-state index contributed by atoms with van der Waals surface area (Å²) in [6.45, 7) is 2.64. The standard InChI is InChI=1S/C26H28N4O2/c1-18-22(25(31)28-21-13-12-19-7-4-8-20(19)17-21)10-5-15-29(18)26(32)23-9-2-3-11-24(23)30-16-6-14-27-30/h2-3,6,9,11-14,16-18,22H,4-5,7-8,10,15H2,1H3,(H,28,31)/t18-,22?/m0/s1. The van der Waals surface area contributed by atoms with E-state index in [2.05, 4.69) is 22.5 Å². The first-order valence-corrected chi connectivity index (χ1v) is 11.4. The van der Waals surface area contributed by atoms with Crippen molar-refractivity contribution in [3.63, 3.8) is 0 Å². The second kappa shape index (κ2) is 8.61. The topological polar surface area (TPSA) is 67.2 Å². The maximum absolute atomic E-state index is 13.5. The molecule has 6 nitrogen and oxygen atoms in total. The van der Waals surface area contributed by atoms with Gasteiger partial charge in [-0.05, 0) is 80.5 Å². The smallest absolute Gasteiger partial charge is 0.256 e. The van der Waals surface area contributed by atoms with Gasteiger partial charge in [0.1, 0.15) is 0 Å². The summed E-state index contributed by atoms with van der Waals surface area (Å²) in [6.07, 6.45) is 8.51. The Morgan fingerprint density at radius 3 is 2.72 bits per heavy atom. The molecule has 1 unspecified atom stereocenters. The Bertz CT molecular complexity index is 1140. The van der Waals surface area contributed by atoms with Crippen LogP contribution in [0.3, 0.4) is 0 Å². The van der Waals surface area contributed by atoms with E-state index in [9.17, 15) is 9.59 Å². The molecule has 1 aromatic heterocycles. The van der Waals surface area contributed by atoms with Crippen LogP contribution in [0.1, 0.15) is 47.7 Å². The van der Waals surface area contributed by atoms with Crippen molar-refractivity contribution >= 4 is 17.5 Å². The molecule has 6 heteroatoms. The Kier molecular flexibility index (Phi) is 5.52. The zero-order chi connectivity index (χ0) is 22.1. The number of nitrogens with one attached hydrogen (secondary N) is 1. The van der Waals surface area contributed by atoms with E-state index in [1.807, 2.05) is 54.4 Å². The third-order valence-electron chi connectivity index (χ3n) is 6.84. The van der Waals surface area contributed by atoms with Crippen molar-refractivity contribution in [2.24, 2.45) is 5.92 Å². The molecule has 3 aromatic rings. The lowest BCUT2D eigenvalue weighted by Crippen LogP contribution is -2.50. The van der Waals surface area contributed by atoms with E-state index >= 15 is 0 Å². The monoisotopic (exact) mass is 428 g/mol. The van der Waals surface area contributed by atoms with Crippen molar-refractivity contribution in [3.05, 3.63) is 77.6 Å². The fraction of sp³-hybridized carbons (Fsp3) is 0.346. The van der Waals surface area contributed by atoms with Gasteiger partial charge in [0.05, 0.1) is 17.2 Å². The van der Waals surface area contributed by atoms with E-state index in [-0.39, 0.29) is 23.8 Å². The third-order valence-corrected chi connectivity index (χ3v) is 6.84. The Labute approximate surface area is 188 Å². The summed E-state index contributed by atoms with van der Waals surface area (Å²) in [5.41, 5.74) is 4.94. The van der Waals surface area contributed by atoms with E-state index in [0.717, 1.165) is 37.1 Å². The molecule has 164 valence electrons. The summed E-state index contributed by atoms with van der Waals surface area (Å²) in [4.78, 5) is 28.6. The van der Waals surface area contributed by atoms with Gasteiger partial charge in [0.15, 0.2) is 0 Å². The number of nitrogens with zero attached hydrogens (tertiary/aromatic N) is 3. The number of fused-ring (bicyclic) bond motifs is 1. The molecule has 5 rings (SSSR count). The summed E-state index contributed by atoms with van der Waals surface area (Å²) < 4.78 is 1.71. The highest BCUT2D eigenvalue weighted by Crippen LogP contribution is 2.29. The molecule has 2 heterocycles. The summed E-state index contributed by atoms with van der Waals surface area (Å²) in [5.74, 6) is -0.301. The van der Waals surface area contributed by atoms with Crippen LogP contribution in [0.2, 0.25) is 0 Å². The average Bonchev–Trinajstić information content (AvgIpc) is 3.50. The van der Waals surface area contributed by atoms with E-state index in [4.69, 9.17) is 0 Å². The van der Waals surface area contributed by atoms with Crippen molar-refractivity contribution in [2.75, 3.05) is 11.9 Å². The second-order valence-electron chi connectivity index (χ2n) is 8.78. The number of aromatic nitrogens is 2. The predicted octanol–water partition coefficient (Wildman–Crippen LogP) is 4.24. The van der Waals surface area contributed by atoms with Crippen LogP contribution >= 0.6 is 0 Å². The summed E-state index contributed by atoms with van der Waals surface area (Å²) in [6, 6.07) is 15.4. The van der Waals surface area contributed by atoms with Gasteiger partial charge < -0.3 is 10.2 Å². The SMILES string of the molecule is C[C@H]1C(C(=O)Nc2ccc3c(c2)CCC3)CCCN1C(=O)c1ccccc1-n1cccn1. The number of benzene rings is 2. The third kappa shape index (κ3) is 3.81. The van der Waals surface area contributed by atoms with Gasteiger partial charge in [0, 0.05) is 30.7 Å². The highest BCUT2D eigenvalue weighted by Gasteiger charge is 2.36. The van der Waals surface area contributed by atoms with Crippen LogP contribution in [0.4, 0.5) is 5.69 Å².